The second-order valence-corrected chi connectivity index (χ2v) is 3.01. The zero-order chi connectivity index (χ0) is 9.84. The van der Waals surface area contributed by atoms with Crippen LogP contribution < -0.4 is 0 Å². The average Bonchev–Trinajstić information content (AvgIpc) is 2.47. The summed E-state index contributed by atoms with van der Waals surface area (Å²) in [6, 6.07) is 3.69. The molecule has 0 fully saturated rings. The number of hydrogen-bond acceptors (Lipinski definition) is 2. The van der Waals surface area contributed by atoms with Gasteiger partial charge < -0.3 is 9.32 Å². The van der Waals surface area contributed by atoms with Gasteiger partial charge in [-0.3, -0.25) is 4.79 Å². The van der Waals surface area contributed by atoms with Crippen LogP contribution in [0, 0.1) is 6.92 Å². The van der Waals surface area contributed by atoms with Crippen molar-refractivity contribution in [3.63, 3.8) is 0 Å². The van der Waals surface area contributed by atoms with Gasteiger partial charge >= 0.3 is 0 Å². The van der Waals surface area contributed by atoms with Gasteiger partial charge in [0, 0.05) is 20.2 Å². The van der Waals surface area contributed by atoms with Gasteiger partial charge in [0.2, 0.25) is 5.91 Å². The second-order valence-electron chi connectivity index (χ2n) is 3.01. The molecule has 1 amide bonds. The van der Waals surface area contributed by atoms with Gasteiger partial charge in [0.25, 0.3) is 0 Å². The van der Waals surface area contributed by atoms with E-state index in [1.165, 1.54) is 11.0 Å². The van der Waals surface area contributed by atoms with Crippen molar-refractivity contribution < 1.29 is 9.21 Å². The van der Waals surface area contributed by atoms with Crippen molar-refractivity contribution in [2.45, 2.75) is 6.92 Å². The lowest BCUT2D eigenvalue weighted by atomic mass is 10.4. The minimum atomic E-state index is -0.0472. The molecular formula is C10H13NO2. The Hall–Kier alpha value is -1.51. The number of rotatable bonds is 2. The molecule has 0 aliphatic carbocycles. The van der Waals surface area contributed by atoms with Gasteiger partial charge in [-0.1, -0.05) is 0 Å². The largest absolute Gasteiger partial charge is 0.462 e. The van der Waals surface area contributed by atoms with E-state index >= 15 is 0 Å². The summed E-state index contributed by atoms with van der Waals surface area (Å²) in [6.07, 6.45) is 3.15. The minimum absolute atomic E-state index is 0.0472. The lowest BCUT2D eigenvalue weighted by molar-refractivity contribution is -0.123. The zero-order valence-electron chi connectivity index (χ0n) is 8.07. The molecule has 0 bridgehead atoms. The van der Waals surface area contributed by atoms with Crippen LogP contribution in [0.4, 0.5) is 0 Å². The zero-order valence-corrected chi connectivity index (χ0v) is 8.07. The van der Waals surface area contributed by atoms with Crippen molar-refractivity contribution in [1.82, 2.24) is 4.90 Å². The first-order valence-electron chi connectivity index (χ1n) is 4.05. The quantitative estimate of drug-likeness (QED) is 0.647. The Morgan fingerprint density at radius 2 is 2.15 bits per heavy atom. The molecule has 0 spiro atoms. The highest BCUT2D eigenvalue weighted by atomic mass is 16.3. The van der Waals surface area contributed by atoms with E-state index in [1.807, 2.05) is 19.1 Å². The highest BCUT2D eigenvalue weighted by Gasteiger charge is 1.98. The van der Waals surface area contributed by atoms with Gasteiger partial charge in [-0.2, -0.15) is 0 Å². The third-order valence-electron chi connectivity index (χ3n) is 1.59. The van der Waals surface area contributed by atoms with Crippen LogP contribution in [0.25, 0.3) is 6.08 Å². The van der Waals surface area contributed by atoms with Crippen molar-refractivity contribution in [2.24, 2.45) is 0 Å². The van der Waals surface area contributed by atoms with Crippen LogP contribution in [0.3, 0.4) is 0 Å². The monoisotopic (exact) mass is 179 g/mol. The Balaban J connectivity index is 2.64. The molecule has 0 aromatic carbocycles. The molecule has 0 saturated carbocycles. The Bertz CT molecular complexity index is 323. The summed E-state index contributed by atoms with van der Waals surface area (Å²) in [7, 11) is 3.42. The fraction of sp³-hybridized carbons (Fsp3) is 0.300. The van der Waals surface area contributed by atoms with Crippen LogP contribution in [0.1, 0.15) is 11.5 Å². The Morgan fingerprint density at radius 3 is 2.62 bits per heavy atom. The molecule has 0 unspecified atom stereocenters. The van der Waals surface area contributed by atoms with Crippen LogP contribution in [0.15, 0.2) is 22.6 Å². The van der Waals surface area contributed by atoms with Crippen molar-refractivity contribution in [1.29, 1.82) is 0 Å². The third-order valence-corrected chi connectivity index (χ3v) is 1.59. The van der Waals surface area contributed by atoms with E-state index in [1.54, 1.807) is 20.2 Å². The van der Waals surface area contributed by atoms with E-state index in [0.29, 0.717) is 5.76 Å². The summed E-state index contributed by atoms with van der Waals surface area (Å²) in [5, 5.41) is 0. The lowest BCUT2D eigenvalue weighted by Crippen LogP contribution is -2.18. The van der Waals surface area contributed by atoms with Crippen molar-refractivity contribution in [2.75, 3.05) is 14.1 Å². The number of aryl methyl sites for hydroxylation is 1. The topological polar surface area (TPSA) is 33.5 Å². The lowest BCUT2D eigenvalue weighted by Gasteiger charge is -2.04. The smallest absolute Gasteiger partial charge is 0.246 e. The highest BCUT2D eigenvalue weighted by molar-refractivity contribution is 5.90. The van der Waals surface area contributed by atoms with Gasteiger partial charge in [0.05, 0.1) is 0 Å². The van der Waals surface area contributed by atoms with Crippen molar-refractivity contribution >= 4 is 12.0 Å². The molecule has 1 heterocycles. The fourth-order valence-electron chi connectivity index (χ4n) is 0.845. The molecule has 70 valence electrons. The Labute approximate surface area is 77.6 Å². The van der Waals surface area contributed by atoms with Gasteiger partial charge in [-0.05, 0) is 25.1 Å². The number of amides is 1. The number of carbonyl (C=O) groups excluding carboxylic acids is 1. The minimum Gasteiger partial charge on any atom is -0.462 e. The second kappa shape index (κ2) is 3.94. The molecule has 0 atom stereocenters. The van der Waals surface area contributed by atoms with Gasteiger partial charge in [-0.25, -0.2) is 0 Å². The highest BCUT2D eigenvalue weighted by Crippen LogP contribution is 2.07. The van der Waals surface area contributed by atoms with Crippen molar-refractivity contribution in [3.05, 3.63) is 29.7 Å². The SMILES string of the molecule is Cc1ccc(C=CC(=O)N(C)C)o1. The molecule has 0 aliphatic rings. The first kappa shape index (κ1) is 9.58. The summed E-state index contributed by atoms with van der Waals surface area (Å²) in [4.78, 5) is 12.6. The maximum Gasteiger partial charge on any atom is 0.246 e. The van der Waals surface area contributed by atoms with Crippen LogP contribution in [0.2, 0.25) is 0 Å². The predicted molar refractivity (Wildman–Crippen MR) is 51.2 cm³/mol. The summed E-state index contributed by atoms with van der Waals surface area (Å²) >= 11 is 0. The molecule has 1 aromatic heterocycles. The van der Waals surface area contributed by atoms with E-state index in [-0.39, 0.29) is 5.91 Å². The normalized spacial score (nSPS) is 10.7. The first-order chi connectivity index (χ1) is 6.09. The Morgan fingerprint density at radius 1 is 1.46 bits per heavy atom. The molecule has 1 rings (SSSR count). The number of nitrogens with zero attached hydrogens (tertiary/aromatic N) is 1. The molecule has 3 heteroatoms. The van der Waals surface area contributed by atoms with Gasteiger partial charge in [0.15, 0.2) is 0 Å². The summed E-state index contributed by atoms with van der Waals surface area (Å²) < 4.78 is 5.26. The summed E-state index contributed by atoms with van der Waals surface area (Å²) in [5.41, 5.74) is 0. The maximum atomic E-state index is 11.1. The molecular weight excluding hydrogens is 166 g/mol. The standard InChI is InChI=1S/C10H13NO2/c1-8-4-5-9(13-8)6-7-10(12)11(2)3/h4-7H,1-3H3. The van der Waals surface area contributed by atoms with E-state index in [4.69, 9.17) is 4.42 Å². The summed E-state index contributed by atoms with van der Waals surface area (Å²) in [6.45, 7) is 1.87. The van der Waals surface area contributed by atoms with Crippen LogP contribution in [-0.4, -0.2) is 24.9 Å². The first-order valence-corrected chi connectivity index (χ1v) is 4.05. The third kappa shape index (κ3) is 2.78. The van der Waals surface area contributed by atoms with Crippen molar-refractivity contribution in [3.8, 4) is 0 Å². The van der Waals surface area contributed by atoms with Crippen LogP contribution >= 0.6 is 0 Å². The van der Waals surface area contributed by atoms with E-state index < -0.39 is 0 Å². The van der Waals surface area contributed by atoms with Gasteiger partial charge in [0.1, 0.15) is 11.5 Å². The molecule has 1 aromatic rings. The Kier molecular flexibility index (Phi) is 2.90. The number of likely N-dealkylation sites (N-methyl/N-ethyl adjacent to an activating group) is 1. The van der Waals surface area contributed by atoms with Crippen LogP contribution in [-0.2, 0) is 4.79 Å². The molecule has 0 saturated heterocycles. The van der Waals surface area contributed by atoms with E-state index in [9.17, 15) is 4.79 Å². The number of carbonyl (C=O) groups is 1. The molecule has 0 aliphatic heterocycles. The van der Waals surface area contributed by atoms with E-state index in [2.05, 4.69) is 0 Å². The number of hydrogen-bond donors (Lipinski definition) is 0. The molecule has 13 heavy (non-hydrogen) atoms. The molecule has 0 radical (unpaired) electrons. The summed E-state index contributed by atoms with van der Waals surface area (Å²) in [5.74, 6) is 1.50. The predicted octanol–water partition coefficient (Wildman–Crippen LogP) is 1.69. The van der Waals surface area contributed by atoms with Crippen LogP contribution in [0.5, 0.6) is 0 Å². The van der Waals surface area contributed by atoms with E-state index in [0.717, 1.165) is 5.76 Å². The molecule has 0 N–H and O–H groups in total. The maximum absolute atomic E-state index is 11.1. The fourth-order valence-corrected chi connectivity index (χ4v) is 0.845. The number of furan rings is 1. The average molecular weight is 179 g/mol. The molecule has 3 nitrogen and oxygen atoms in total. The van der Waals surface area contributed by atoms with Gasteiger partial charge in [-0.15, -0.1) is 0 Å².